The molecule has 0 saturated carbocycles. The van der Waals surface area contributed by atoms with E-state index in [1.165, 1.54) is 23.3 Å². The highest BCUT2D eigenvalue weighted by atomic mass is 79.9. The Morgan fingerprint density at radius 3 is 2.90 bits per heavy atom. The molecular formula is C16H18BrNOS. The van der Waals surface area contributed by atoms with E-state index in [9.17, 15) is 0 Å². The SMILES string of the molecule is Cc1sc(C2(C)CCCCO2)nc1-c1cccc(Br)c1. The van der Waals surface area contributed by atoms with Gasteiger partial charge in [0, 0.05) is 21.5 Å². The standard InChI is InChI=1S/C16H18BrNOS/c1-11-14(12-6-5-7-13(17)10-12)18-15(20-11)16(2)8-3-4-9-19-16/h5-7,10H,3-4,8-9H2,1-2H3. The first-order chi connectivity index (χ1) is 9.58. The van der Waals surface area contributed by atoms with Crippen LogP contribution >= 0.6 is 27.3 Å². The third-order valence-electron chi connectivity index (χ3n) is 3.82. The number of hydrogen-bond donors (Lipinski definition) is 0. The second-order valence-electron chi connectivity index (χ2n) is 5.47. The molecule has 1 fully saturated rings. The second-order valence-corrected chi connectivity index (χ2v) is 7.59. The summed E-state index contributed by atoms with van der Waals surface area (Å²) in [6.45, 7) is 5.17. The van der Waals surface area contributed by atoms with Gasteiger partial charge in [0.25, 0.3) is 0 Å². The highest BCUT2D eigenvalue weighted by Gasteiger charge is 2.33. The fourth-order valence-electron chi connectivity index (χ4n) is 2.63. The van der Waals surface area contributed by atoms with E-state index in [1.807, 2.05) is 6.07 Å². The largest absolute Gasteiger partial charge is 0.368 e. The Kier molecular flexibility index (Phi) is 3.98. The second kappa shape index (κ2) is 5.58. The number of rotatable bonds is 2. The van der Waals surface area contributed by atoms with Crippen molar-refractivity contribution in [1.29, 1.82) is 0 Å². The van der Waals surface area contributed by atoms with Crippen LogP contribution in [0.25, 0.3) is 11.3 Å². The van der Waals surface area contributed by atoms with Crippen molar-refractivity contribution in [2.75, 3.05) is 6.61 Å². The number of aromatic nitrogens is 1. The molecule has 106 valence electrons. The van der Waals surface area contributed by atoms with Crippen LogP contribution in [-0.4, -0.2) is 11.6 Å². The molecule has 3 rings (SSSR count). The molecule has 1 aliphatic rings. The van der Waals surface area contributed by atoms with Gasteiger partial charge in [-0.15, -0.1) is 11.3 Å². The van der Waals surface area contributed by atoms with Gasteiger partial charge < -0.3 is 4.74 Å². The highest BCUT2D eigenvalue weighted by Crippen LogP contribution is 2.40. The van der Waals surface area contributed by atoms with Crippen molar-refractivity contribution in [3.8, 4) is 11.3 Å². The average Bonchev–Trinajstić information content (AvgIpc) is 2.82. The third kappa shape index (κ3) is 2.69. The number of ether oxygens (including phenoxy) is 1. The lowest BCUT2D eigenvalue weighted by molar-refractivity contribution is -0.0701. The van der Waals surface area contributed by atoms with E-state index in [2.05, 4.69) is 48.0 Å². The van der Waals surface area contributed by atoms with Gasteiger partial charge in [0.05, 0.1) is 5.69 Å². The van der Waals surface area contributed by atoms with Crippen LogP contribution in [0.1, 0.15) is 36.1 Å². The van der Waals surface area contributed by atoms with Crippen LogP contribution in [-0.2, 0) is 10.3 Å². The van der Waals surface area contributed by atoms with E-state index >= 15 is 0 Å². The van der Waals surface area contributed by atoms with Gasteiger partial charge in [0.1, 0.15) is 10.6 Å². The van der Waals surface area contributed by atoms with Gasteiger partial charge in [-0.3, -0.25) is 0 Å². The van der Waals surface area contributed by atoms with Gasteiger partial charge in [0.15, 0.2) is 0 Å². The lowest BCUT2D eigenvalue weighted by Gasteiger charge is -2.31. The van der Waals surface area contributed by atoms with Crippen LogP contribution < -0.4 is 0 Å². The van der Waals surface area contributed by atoms with Crippen LogP contribution in [0.4, 0.5) is 0 Å². The van der Waals surface area contributed by atoms with Gasteiger partial charge in [0.2, 0.25) is 0 Å². The lowest BCUT2D eigenvalue weighted by atomic mass is 9.97. The van der Waals surface area contributed by atoms with Crippen LogP contribution in [0.15, 0.2) is 28.7 Å². The molecule has 1 saturated heterocycles. The van der Waals surface area contributed by atoms with Crippen molar-refractivity contribution in [3.63, 3.8) is 0 Å². The fraction of sp³-hybridized carbons (Fsp3) is 0.438. The van der Waals surface area contributed by atoms with Crippen molar-refractivity contribution in [2.24, 2.45) is 0 Å². The first kappa shape index (κ1) is 14.2. The summed E-state index contributed by atoms with van der Waals surface area (Å²) in [6, 6.07) is 8.32. The molecule has 2 aromatic rings. The van der Waals surface area contributed by atoms with Crippen LogP contribution in [0, 0.1) is 6.92 Å². The minimum atomic E-state index is -0.196. The van der Waals surface area contributed by atoms with Crippen LogP contribution in [0.5, 0.6) is 0 Å². The Bertz CT molecular complexity index is 617. The first-order valence-corrected chi connectivity index (χ1v) is 8.57. The summed E-state index contributed by atoms with van der Waals surface area (Å²) in [5.41, 5.74) is 2.05. The summed E-state index contributed by atoms with van der Waals surface area (Å²) < 4.78 is 7.11. The molecular weight excluding hydrogens is 334 g/mol. The van der Waals surface area contributed by atoms with E-state index in [0.717, 1.165) is 28.2 Å². The highest BCUT2D eigenvalue weighted by molar-refractivity contribution is 9.10. The first-order valence-electron chi connectivity index (χ1n) is 6.96. The summed E-state index contributed by atoms with van der Waals surface area (Å²) in [4.78, 5) is 6.15. The molecule has 2 nitrogen and oxygen atoms in total. The minimum Gasteiger partial charge on any atom is -0.368 e. The molecule has 1 aromatic carbocycles. The molecule has 1 aliphatic heterocycles. The molecule has 2 heterocycles. The number of halogens is 1. The van der Waals surface area contributed by atoms with Gasteiger partial charge in [-0.05, 0) is 45.2 Å². The normalized spacial score (nSPS) is 22.9. The molecule has 1 unspecified atom stereocenters. The maximum atomic E-state index is 6.02. The van der Waals surface area contributed by atoms with Gasteiger partial charge in [-0.2, -0.15) is 0 Å². The van der Waals surface area contributed by atoms with Crippen LogP contribution in [0.2, 0.25) is 0 Å². The molecule has 0 bridgehead atoms. The topological polar surface area (TPSA) is 22.1 Å². The minimum absolute atomic E-state index is 0.196. The van der Waals surface area contributed by atoms with E-state index in [4.69, 9.17) is 9.72 Å². The summed E-state index contributed by atoms with van der Waals surface area (Å²) in [5.74, 6) is 0. The van der Waals surface area contributed by atoms with Crippen molar-refractivity contribution in [1.82, 2.24) is 4.98 Å². The van der Waals surface area contributed by atoms with Crippen molar-refractivity contribution in [2.45, 2.75) is 38.7 Å². The molecule has 0 N–H and O–H groups in total. The Balaban J connectivity index is 1.99. The lowest BCUT2D eigenvalue weighted by Crippen LogP contribution is -2.29. The van der Waals surface area contributed by atoms with Gasteiger partial charge in [-0.25, -0.2) is 4.98 Å². The number of nitrogens with zero attached hydrogens (tertiary/aromatic N) is 1. The summed E-state index contributed by atoms with van der Waals surface area (Å²) in [7, 11) is 0. The Labute approximate surface area is 132 Å². The van der Waals surface area contributed by atoms with E-state index in [0.29, 0.717) is 0 Å². The Morgan fingerprint density at radius 2 is 2.20 bits per heavy atom. The third-order valence-corrected chi connectivity index (χ3v) is 5.53. The zero-order valence-electron chi connectivity index (χ0n) is 11.8. The number of benzene rings is 1. The Morgan fingerprint density at radius 1 is 1.35 bits per heavy atom. The zero-order chi connectivity index (χ0) is 14.2. The number of aryl methyl sites for hydroxylation is 1. The molecule has 20 heavy (non-hydrogen) atoms. The molecule has 0 aliphatic carbocycles. The van der Waals surface area contributed by atoms with Crippen molar-refractivity contribution >= 4 is 27.3 Å². The number of thiazole rings is 1. The van der Waals surface area contributed by atoms with Crippen molar-refractivity contribution in [3.05, 3.63) is 38.6 Å². The summed E-state index contributed by atoms with van der Waals surface area (Å²) in [5, 5.41) is 1.12. The molecule has 0 radical (unpaired) electrons. The smallest absolute Gasteiger partial charge is 0.125 e. The molecule has 1 aromatic heterocycles. The van der Waals surface area contributed by atoms with E-state index in [1.54, 1.807) is 11.3 Å². The van der Waals surface area contributed by atoms with Crippen LogP contribution in [0.3, 0.4) is 0 Å². The molecule has 0 amide bonds. The number of hydrogen-bond acceptors (Lipinski definition) is 3. The predicted molar refractivity (Wildman–Crippen MR) is 87.1 cm³/mol. The van der Waals surface area contributed by atoms with E-state index in [-0.39, 0.29) is 5.60 Å². The maximum Gasteiger partial charge on any atom is 0.125 e. The van der Waals surface area contributed by atoms with Crippen molar-refractivity contribution < 1.29 is 4.74 Å². The Hall–Kier alpha value is -0.710. The molecule has 4 heteroatoms. The maximum absolute atomic E-state index is 6.02. The summed E-state index contributed by atoms with van der Waals surface area (Å²) in [6.07, 6.45) is 3.46. The quantitative estimate of drug-likeness (QED) is 0.732. The zero-order valence-corrected chi connectivity index (χ0v) is 14.2. The molecule has 1 atom stereocenters. The average molecular weight is 352 g/mol. The molecule has 0 spiro atoms. The summed E-state index contributed by atoms with van der Waals surface area (Å²) >= 11 is 5.30. The van der Waals surface area contributed by atoms with E-state index < -0.39 is 0 Å². The fourth-order valence-corrected chi connectivity index (χ4v) is 4.09. The van der Waals surface area contributed by atoms with Gasteiger partial charge in [-0.1, -0.05) is 28.1 Å². The predicted octanol–water partition coefficient (Wildman–Crippen LogP) is 5.30. The van der Waals surface area contributed by atoms with Gasteiger partial charge >= 0.3 is 0 Å². The monoisotopic (exact) mass is 351 g/mol.